The predicted molar refractivity (Wildman–Crippen MR) is 75.2 cm³/mol. The van der Waals surface area contributed by atoms with Crippen LogP contribution in [0.2, 0.25) is 0 Å². The number of aromatic amines is 1. The molecule has 0 radical (unpaired) electrons. The molecule has 4 nitrogen and oxygen atoms in total. The summed E-state index contributed by atoms with van der Waals surface area (Å²) in [6, 6.07) is 11.4. The van der Waals surface area contributed by atoms with Crippen molar-refractivity contribution in [2.45, 2.75) is 0 Å². The summed E-state index contributed by atoms with van der Waals surface area (Å²) in [6.07, 6.45) is 0. The van der Waals surface area contributed by atoms with Gasteiger partial charge in [0.2, 0.25) is 0 Å². The standard InChI is InChI=1S/C15H13NO3/c1-18-12-8-7-10-9-5-3-4-6-11(9)16-15(17)13(10)14(12)19-2/h3-8H,1-2H3,(H,16,17). The molecule has 4 heteroatoms. The minimum absolute atomic E-state index is 0.176. The van der Waals surface area contributed by atoms with Crippen molar-refractivity contribution >= 4 is 21.7 Å². The van der Waals surface area contributed by atoms with Gasteiger partial charge >= 0.3 is 0 Å². The zero-order valence-electron chi connectivity index (χ0n) is 10.7. The van der Waals surface area contributed by atoms with Crippen LogP contribution in [0.1, 0.15) is 0 Å². The van der Waals surface area contributed by atoms with Gasteiger partial charge in [0.25, 0.3) is 5.56 Å². The van der Waals surface area contributed by atoms with Gasteiger partial charge in [-0.25, -0.2) is 0 Å². The molecule has 0 fully saturated rings. The second-order valence-electron chi connectivity index (χ2n) is 4.22. The fraction of sp³-hybridized carbons (Fsp3) is 0.133. The number of para-hydroxylation sites is 1. The van der Waals surface area contributed by atoms with E-state index in [1.807, 2.05) is 36.4 Å². The summed E-state index contributed by atoms with van der Waals surface area (Å²) >= 11 is 0. The third-order valence-corrected chi connectivity index (χ3v) is 3.24. The molecule has 2 aromatic carbocycles. The van der Waals surface area contributed by atoms with Crippen molar-refractivity contribution in [3.63, 3.8) is 0 Å². The van der Waals surface area contributed by atoms with E-state index in [9.17, 15) is 4.79 Å². The normalized spacial score (nSPS) is 10.8. The lowest BCUT2D eigenvalue weighted by Gasteiger charge is -2.11. The number of hydrogen-bond acceptors (Lipinski definition) is 3. The molecule has 96 valence electrons. The number of hydrogen-bond donors (Lipinski definition) is 1. The van der Waals surface area contributed by atoms with Crippen LogP contribution in [-0.2, 0) is 0 Å². The van der Waals surface area contributed by atoms with E-state index in [0.29, 0.717) is 16.9 Å². The molecule has 0 atom stereocenters. The summed E-state index contributed by atoms with van der Waals surface area (Å²) in [7, 11) is 3.09. The fourth-order valence-electron chi connectivity index (χ4n) is 2.39. The highest BCUT2D eigenvalue weighted by Crippen LogP contribution is 2.35. The average molecular weight is 255 g/mol. The third-order valence-electron chi connectivity index (χ3n) is 3.24. The number of benzene rings is 2. The molecule has 0 aliphatic heterocycles. The highest BCUT2D eigenvalue weighted by molar-refractivity contribution is 6.08. The Morgan fingerprint density at radius 1 is 0.947 bits per heavy atom. The molecule has 1 heterocycles. The van der Waals surface area contributed by atoms with Crippen LogP contribution in [-0.4, -0.2) is 19.2 Å². The Kier molecular flexibility index (Phi) is 2.63. The summed E-state index contributed by atoms with van der Waals surface area (Å²) in [5.41, 5.74) is 0.636. The van der Waals surface area contributed by atoms with Crippen LogP contribution in [0.25, 0.3) is 21.7 Å². The topological polar surface area (TPSA) is 51.3 Å². The van der Waals surface area contributed by atoms with E-state index in [1.54, 1.807) is 7.11 Å². The SMILES string of the molecule is COc1ccc2c(c1OC)c(=O)[nH]c1ccccc12. The molecule has 0 saturated carbocycles. The summed E-state index contributed by atoms with van der Waals surface area (Å²) in [4.78, 5) is 15.1. The number of ether oxygens (including phenoxy) is 2. The summed E-state index contributed by atoms with van der Waals surface area (Å²) in [5.74, 6) is 1.02. The monoisotopic (exact) mass is 255 g/mol. The largest absolute Gasteiger partial charge is 0.493 e. The van der Waals surface area contributed by atoms with Crippen molar-refractivity contribution in [3.05, 3.63) is 46.8 Å². The second-order valence-corrected chi connectivity index (χ2v) is 4.22. The molecule has 0 unspecified atom stereocenters. The van der Waals surface area contributed by atoms with E-state index in [1.165, 1.54) is 7.11 Å². The number of methoxy groups -OCH3 is 2. The molecule has 1 N–H and O–H groups in total. The van der Waals surface area contributed by atoms with Crippen molar-refractivity contribution in [3.8, 4) is 11.5 Å². The van der Waals surface area contributed by atoms with Crippen molar-refractivity contribution < 1.29 is 9.47 Å². The van der Waals surface area contributed by atoms with Gasteiger partial charge in [0.1, 0.15) is 0 Å². The Balaban J connectivity index is 2.58. The van der Waals surface area contributed by atoms with Crippen LogP contribution in [0, 0.1) is 0 Å². The van der Waals surface area contributed by atoms with Crippen LogP contribution >= 0.6 is 0 Å². The van der Waals surface area contributed by atoms with E-state index in [4.69, 9.17) is 9.47 Å². The number of pyridine rings is 1. The molecule has 0 saturated heterocycles. The first-order chi connectivity index (χ1) is 9.26. The van der Waals surface area contributed by atoms with Crippen molar-refractivity contribution in [1.29, 1.82) is 0 Å². The van der Waals surface area contributed by atoms with E-state index < -0.39 is 0 Å². The molecule has 3 aromatic rings. The smallest absolute Gasteiger partial charge is 0.260 e. The maximum atomic E-state index is 12.2. The molecule has 0 aliphatic carbocycles. The van der Waals surface area contributed by atoms with Crippen molar-refractivity contribution in [1.82, 2.24) is 4.98 Å². The van der Waals surface area contributed by atoms with E-state index in [-0.39, 0.29) is 5.56 Å². The van der Waals surface area contributed by atoms with Gasteiger partial charge in [0.15, 0.2) is 11.5 Å². The molecular formula is C15H13NO3. The van der Waals surface area contributed by atoms with Crippen LogP contribution in [0.5, 0.6) is 11.5 Å². The van der Waals surface area contributed by atoms with Gasteiger partial charge in [-0.3, -0.25) is 4.79 Å². The van der Waals surface area contributed by atoms with E-state index in [0.717, 1.165) is 16.3 Å². The lowest BCUT2D eigenvalue weighted by atomic mass is 10.1. The van der Waals surface area contributed by atoms with Crippen molar-refractivity contribution in [2.75, 3.05) is 14.2 Å². The minimum atomic E-state index is -0.176. The fourth-order valence-corrected chi connectivity index (χ4v) is 2.39. The van der Waals surface area contributed by atoms with Crippen LogP contribution < -0.4 is 15.0 Å². The highest BCUT2D eigenvalue weighted by atomic mass is 16.5. The van der Waals surface area contributed by atoms with Gasteiger partial charge < -0.3 is 14.5 Å². The predicted octanol–water partition coefficient (Wildman–Crippen LogP) is 2.70. The number of fused-ring (bicyclic) bond motifs is 3. The maximum Gasteiger partial charge on any atom is 0.260 e. The Labute approximate surface area is 109 Å². The molecule has 3 rings (SSSR count). The Hall–Kier alpha value is -2.49. The van der Waals surface area contributed by atoms with Gasteiger partial charge in [0.05, 0.1) is 19.6 Å². The van der Waals surface area contributed by atoms with Gasteiger partial charge in [-0.15, -0.1) is 0 Å². The van der Waals surface area contributed by atoms with E-state index >= 15 is 0 Å². The molecule has 0 amide bonds. The first-order valence-corrected chi connectivity index (χ1v) is 5.92. The molecule has 0 bridgehead atoms. The zero-order chi connectivity index (χ0) is 13.4. The van der Waals surface area contributed by atoms with Crippen molar-refractivity contribution in [2.24, 2.45) is 0 Å². The number of H-pyrrole nitrogens is 1. The van der Waals surface area contributed by atoms with Gasteiger partial charge in [0, 0.05) is 16.3 Å². The molecule has 0 aliphatic rings. The maximum absolute atomic E-state index is 12.2. The highest BCUT2D eigenvalue weighted by Gasteiger charge is 2.14. The second kappa shape index (κ2) is 4.31. The zero-order valence-corrected chi connectivity index (χ0v) is 10.7. The quantitative estimate of drug-likeness (QED) is 0.716. The number of nitrogens with one attached hydrogen (secondary N) is 1. The van der Waals surface area contributed by atoms with Gasteiger partial charge in [-0.2, -0.15) is 0 Å². The van der Waals surface area contributed by atoms with E-state index in [2.05, 4.69) is 4.98 Å². The summed E-state index contributed by atoms with van der Waals surface area (Å²) in [6.45, 7) is 0. The lowest BCUT2D eigenvalue weighted by Crippen LogP contribution is -2.08. The van der Waals surface area contributed by atoms with Gasteiger partial charge in [-0.1, -0.05) is 18.2 Å². The number of aromatic nitrogens is 1. The third kappa shape index (κ3) is 1.64. The summed E-state index contributed by atoms with van der Waals surface area (Å²) in [5, 5.41) is 2.36. The Morgan fingerprint density at radius 2 is 1.74 bits per heavy atom. The molecule has 1 aromatic heterocycles. The lowest BCUT2D eigenvalue weighted by molar-refractivity contribution is 0.358. The minimum Gasteiger partial charge on any atom is -0.493 e. The first kappa shape index (κ1) is 11.6. The molecule has 19 heavy (non-hydrogen) atoms. The van der Waals surface area contributed by atoms with Crippen LogP contribution in [0.3, 0.4) is 0 Å². The Morgan fingerprint density at radius 3 is 2.47 bits per heavy atom. The van der Waals surface area contributed by atoms with Gasteiger partial charge in [-0.05, 0) is 18.2 Å². The van der Waals surface area contributed by atoms with Crippen LogP contribution in [0.15, 0.2) is 41.2 Å². The van der Waals surface area contributed by atoms with Crippen LogP contribution in [0.4, 0.5) is 0 Å². The summed E-state index contributed by atoms with van der Waals surface area (Å²) < 4.78 is 10.6. The Bertz CT molecular complexity index is 821. The average Bonchev–Trinajstić information content (AvgIpc) is 2.46. The molecule has 0 spiro atoms. The number of rotatable bonds is 2. The first-order valence-electron chi connectivity index (χ1n) is 5.92. The molecular weight excluding hydrogens is 242 g/mol.